The quantitative estimate of drug-likeness (QED) is 0.689. The molecule has 0 aliphatic heterocycles. The highest BCUT2D eigenvalue weighted by molar-refractivity contribution is 7.89. The summed E-state index contributed by atoms with van der Waals surface area (Å²) in [6.45, 7) is 0.355. The Hall–Kier alpha value is -1.80. The van der Waals surface area contributed by atoms with Crippen LogP contribution in [0.1, 0.15) is 28.8 Å². The van der Waals surface area contributed by atoms with Gasteiger partial charge in [0.1, 0.15) is 4.90 Å². The van der Waals surface area contributed by atoms with Gasteiger partial charge in [-0.25, -0.2) is 13.1 Å². The van der Waals surface area contributed by atoms with Crippen molar-refractivity contribution in [3.05, 3.63) is 57.6 Å². The molecule has 1 aliphatic carbocycles. The minimum Gasteiger partial charge on any atom is -0.378 e. The fourth-order valence-corrected chi connectivity index (χ4v) is 4.99. The van der Waals surface area contributed by atoms with Crippen LogP contribution in [-0.4, -0.2) is 46.4 Å². The Labute approximate surface area is 181 Å². The molecule has 2 aromatic carbocycles. The van der Waals surface area contributed by atoms with E-state index < -0.39 is 10.0 Å². The van der Waals surface area contributed by atoms with Gasteiger partial charge >= 0.3 is 0 Å². The number of halogens is 2. The molecule has 0 spiro atoms. The summed E-state index contributed by atoms with van der Waals surface area (Å²) < 4.78 is 27.7. The van der Waals surface area contributed by atoms with Gasteiger partial charge in [-0.1, -0.05) is 35.3 Å². The average molecular weight is 456 g/mol. The van der Waals surface area contributed by atoms with E-state index >= 15 is 0 Å². The molecule has 0 heterocycles. The van der Waals surface area contributed by atoms with Crippen LogP contribution in [0.5, 0.6) is 0 Å². The maximum atomic E-state index is 12.9. The highest BCUT2D eigenvalue weighted by atomic mass is 35.5. The minimum absolute atomic E-state index is 0.0124. The van der Waals surface area contributed by atoms with Crippen molar-refractivity contribution in [1.29, 1.82) is 0 Å². The lowest BCUT2D eigenvalue weighted by molar-refractivity contribution is 0.0785. The van der Waals surface area contributed by atoms with E-state index in [1.54, 1.807) is 7.05 Å². The Morgan fingerprint density at radius 2 is 1.69 bits per heavy atom. The SMILES string of the molecule is CN(Cc1ccc(N(C)C)cc1)C(=O)c1cc(S(=O)(=O)NC2CC2)c(Cl)cc1Cl. The Bertz CT molecular complexity index is 1020. The average Bonchev–Trinajstić information content (AvgIpc) is 3.44. The van der Waals surface area contributed by atoms with Crippen LogP contribution in [0.3, 0.4) is 0 Å². The number of benzene rings is 2. The van der Waals surface area contributed by atoms with Gasteiger partial charge in [0.2, 0.25) is 10.0 Å². The fraction of sp³-hybridized carbons (Fsp3) is 0.350. The molecule has 3 rings (SSSR count). The molecule has 1 N–H and O–H groups in total. The normalized spacial score (nSPS) is 14.0. The van der Waals surface area contributed by atoms with E-state index in [4.69, 9.17) is 23.2 Å². The maximum absolute atomic E-state index is 12.9. The first-order chi connectivity index (χ1) is 13.6. The molecule has 0 saturated heterocycles. The van der Waals surface area contributed by atoms with Crippen LogP contribution < -0.4 is 9.62 Å². The molecule has 29 heavy (non-hydrogen) atoms. The Balaban J connectivity index is 1.83. The van der Waals surface area contributed by atoms with Crippen molar-refractivity contribution < 1.29 is 13.2 Å². The van der Waals surface area contributed by atoms with Crippen LogP contribution >= 0.6 is 23.2 Å². The topological polar surface area (TPSA) is 69.7 Å². The number of hydrogen-bond donors (Lipinski definition) is 1. The van der Waals surface area contributed by atoms with Crippen LogP contribution in [0.2, 0.25) is 10.0 Å². The highest BCUT2D eigenvalue weighted by Gasteiger charge is 2.30. The van der Waals surface area contributed by atoms with E-state index in [0.29, 0.717) is 6.54 Å². The predicted octanol–water partition coefficient (Wildman–Crippen LogP) is 3.77. The number of amides is 1. The first-order valence-corrected chi connectivity index (χ1v) is 11.4. The third kappa shape index (κ3) is 5.22. The molecule has 1 aliphatic rings. The van der Waals surface area contributed by atoms with Gasteiger partial charge in [0.25, 0.3) is 5.91 Å². The molecule has 0 atom stereocenters. The first-order valence-electron chi connectivity index (χ1n) is 9.11. The standard InChI is InChI=1S/C20H23Cl2N3O3S/c1-24(2)15-8-4-13(5-9-15)12-25(3)20(26)16-10-19(18(22)11-17(16)21)29(27,28)23-14-6-7-14/h4-5,8-11,14,23H,6-7,12H2,1-3H3. The molecule has 2 aromatic rings. The second kappa shape index (κ2) is 8.52. The lowest BCUT2D eigenvalue weighted by atomic mass is 10.1. The van der Waals surface area contributed by atoms with Crippen LogP contribution in [0.4, 0.5) is 5.69 Å². The zero-order valence-corrected chi connectivity index (χ0v) is 18.8. The fourth-order valence-electron chi connectivity index (χ4n) is 2.83. The van der Waals surface area contributed by atoms with E-state index in [2.05, 4.69) is 4.72 Å². The molecular formula is C20H23Cl2N3O3S. The molecule has 0 unspecified atom stereocenters. The zero-order chi connectivity index (χ0) is 21.3. The second-order valence-electron chi connectivity index (χ2n) is 7.38. The van der Waals surface area contributed by atoms with Gasteiger partial charge in [0, 0.05) is 39.4 Å². The lowest BCUT2D eigenvalue weighted by Crippen LogP contribution is -2.28. The maximum Gasteiger partial charge on any atom is 0.255 e. The van der Waals surface area contributed by atoms with Crippen molar-refractivity contribution in [3.63, 3.8) is 0 Å². The van der Waals surface area contributed by atoms with Crippen LogP contribution in [0.15, 0.2) is 41.3 Å². The van der Waals surface area contributed by atoms with Crippen LogP contribution in [-0.2, 0) is 16.6 Å². The van der Waals surface area contributed by atoms with Gasteiger partial charge in [-0.05, 0) is 42.7 Å². The van der Waals surface area contributed by atoms with Crippen molar-refractivity contribution in [1.82, 2.24) is 9.62 Å². The third-order valence-corrected chi connectivity index (χ3v) is 6.96. The number of carbonyl (C=O) groups is 1. The van der Waals surface area contributed by atoms with Crippen molar-refractivity contribution in [3.8, 4) is 0 Å². The molecule has 0 radical (unpaired) electrons. The lowest BCUT2D eigenvalue weighted by Gasteiger charge is -2.20. The highest BCUT2D eigenvalue weighted by Crippen LogP contribution is 2.31. The first kappa shape index (κ1) is 21.9. The molecule has 1 saturated carbocycles. The van der Waals surface area contributed by atoms with Crippen molar-refractivity contribution in [2.75, 3.05) is 26.0 Å². The molecule has 6 nitrogen and oxygen atoms in total. The zero-order valence-electron chi connectivity index (χ0n) is 16.4. The van der Waals surface area contributed by atoms with Gasteiger partial charge in [-0.15, -0.1) is 0 Å². The summed E-state index contributed by atoms with van der Waals surface area (Å²) in [5.41, 5.74) is 2.10. The molecule has 1 fully saturated rings. The van der Waals surface area contributed by atoms with Gasteiger partial charge in [-0.3, -0.25) is 4.79 Å². The number of anilines is 1. The molecule has 1 amide bonds. The van der Waals surface area contributed by atoms with Gasteiger partial charge in [0.05, 0.1) is 15.6 Å². The summed E-state index contributed by atoms with van der Waals surface area (Å²) in [6, 6.07) is 10.3. The monoisotopic (exact) mass is 455 g/mol. The minimum atomic E-state index is -3.81. The Morgan fingerprint density at radius 1 is 1.07 bits per heavy atom. The molecule has 0 aromatic heterocycles. The Kier molecular flexibility index (Phi) is 6.43. The van der Waals surface area contributed by atoms with Crippen LogP contribution in [0.25, 0.3) is 0 Å². The summed E-state index contributed by atoms with van der Waals surface area (Å²) in [7, 11) is 1.74. The van der Waals surface area contributed by atoms with E-state index in [1.165, 1.54) is 17.0 Å². The molecule has 156 valence electrons. The number of sulfonamides is 1. The summed E-state index contributed by atoms with van der Waals surface area (Å²) in [5, 5.41) is 0.0989. The van der Waals surface area contributed by atoms with Crippen LogP contribution in [0, 0.1) is 0 Å². The summed E-state index contributed by atoms with van der Waals surface area (Å²) in [5.74, 6) is -0.383. The van der Waals surface area contributed by atoms with E-state index in [9.17, 15) is 13.2 Å². The van der Waals surface area contributed by atoms with Gasteiger partial charge < -0.3 is 9.80 Å². The number of carbonyl (C=O) groups excluding carboxylic acids is 1. The molecular weight excluding hydrogens is 433 g/mol. The van der Waals surface area contributed by atoms with E-state index in [-0.39, 0.29) is 32.5 Å². The Morgan fingerprint density at radius 3 is 2.24 bits per heavy atom. The number of nitrogens with one attached hydrogen (secondary N) is 1. The summed E-state index contributed by atoms with van der Waals surface area (Å²) in [6.07, 6.45) is 1.59. The summed E-state index contributed by atoms with van der Waals surface area (Å²) >= 11 is 12.3. The van der Waals surface area contributed by atoms with Crippen molar-refractivity contribution in [2.24, 2.45) is 0 Å². The largest absolute Gasteiger partial charge is 0.378 e. The van der Waals surface area contributed by atoms with Gasteiger partial charge in [0.15, 0.2) is 0 Å². The van der Waals surface area contributed by atoms with E-state index in [0.717, 1.165) is 24.1 Å². The van der Waals surface area contributed by atoms with Crippen molar-refractivity contribution >= 4 is 44.8 Å². The molecule has 0 bridgehead atoms. The third-order valence-electron chi connectivity index (χ3n) is 4.66. The predicted molar refractivity (Wildman–Crippen MR) is 116 cm³/mol. The van der Waals surface area contributed by atoms with Gasteiger partial charge in [-0.2, -0.15) is 0 Å². The summed E-state index contributed by atoms with van der Waals surface area (Å²) in [4.78, 5) is 16.3. The molecule has 9 heteroatoms. The number of nitrogens with zero attached hydrogens (tertiary/aromatic N) is 2. The number of hydrogen-bond acceptors (Lipinski definition) is 4. The van der Waals surface area contributed by atoms with Crippen molar-refractivity contribution in [2.45, 2.75) is 30.3 Å². The van der Waals surface area contributed by atoms with E-state index in [1.807, 2.05) is 43.3 Å². The number of rotatable bonds is 7. The smallest absolute Gasteiger partial charge is 0.255 e. The second-order valence-corrected chi connectivity index (χ2v) is 9.88.